The molecule has 0 aliphatic carbocycles. The lowest BCUT2D eigenvalue weighted by Crippen LogP contribution is -2.12. The molecule has 0 saturated heterocycles. The number of amides is 1. The van der Waals surface area contributed by atoms with Crippen molar-refractivity contribution in [2.75, 3.05) is 11.9 Å². The minimum atomic E-state index is -0.273. The van der Waals surface area contributed by atoms with Crippen molar-refractivity contribution in [3.05, 3.63) is 113 Å². The van der Waals surface area contributed by atoms with Crippen molar-refractivity contribution >= 4 is 29.2 Å². The summed E-state index contributed by atoms with van der Waals surface area (Å²) in [5, 5.41) is 3.47. The Morgan fingerprint density at radius 1 is 0.794 bits per heavy atom. The van der Waals surface area contributed by atoms with Crippen LogP contribution in [0.5, 0.6) is 0 Å². The van der Waals surface area contributed by atoms with Gasteiger partial charge in [-0.25, -0.2) is 0 Å². The molecule has 0 saturated carbocycles. The van der Waals surface area contributed by atoms with Crippen LogP contribution >= 0.6 is 11.6 Å². The molecule has 4 aromatic carbocycles. The largest absolute Gasteiger partial charge is 0.466 e. The first kappa shape index (κ1) is 23.3. The zero-order valence-electron chi connectivity index (χ0n) is 18.8. The van der Waals surface area contributed by atoms with Crippen molar-refractivity contribution in [3.63, 3.8) is 0 Å². The average Bonchev–Trinajstić information content (AvgIpc) is 2.86. The Labute approximate surface area is 204 Å². The number of benzene rings is 4. The molecule has 1 N–H and O–H groups in total. The summed E-state index contributed by atoms with van der Waals surface area (Å²) in [4.78, 5) is 24.5. The number of hydrogen-bond acceptors (Lipinski definition) is 3. The predicted octanol–water partition coefficient (Wildman–Crippen LogP) is 7.03. The second-order valence-electron chi connectivity index (χ2n) is 7.77. The van der Waals surface area contributed by atoms with Gasteiger partial charge in [0.05, 0.1) is 13.0 Å². The quantitative estimate of drug-likeness (QED) is 0.295. The Morgan fingerprint density at radius 2 is 1.44 bits per heavy atom. The van der Waals surface area contributed by atoms with Crippen LogP contribution in [0, 0.1) is 0 Å². The van der Waals surface area contributed by atoms with Crippen LogP contribution in [0.15, 0.2) is 97.1 Å². The van der Waals surface area contributed by atoms with Crippen LogP contribution in [-0.2, 0) is 16.0 Å². The van der Waals surface area contributed by atoms with Gasteiger partial charge in [-0.2, -0.15) is 0 Å². The molecular weight excluding hydrogens is 446 g/mol. The lowest BCUT2D eigenvalue weighted by molar-refractivity contribution is -0.142. The molecule has 34 heavy (non-hydrogen) atoms. The van der Waals surface area contributed by atoms with Gasteiger partial charge in [0.25, 0.3) is 5.91 Å². The first-order valence-electron chi connectivity index (χ1n) is 11.0. The topological polar surface area (TPSA) is 55.4 Å². The molecule has 1 amide bonds. The summed E-state index contributed by atoms with van der Waals surface area (Å²) in [6.45, 7) is 2.13. The van der Waals surface area contributed by atoms with Crippen LogP contribution in [-0.4, -0.2) is 18.5 Å². The highest BCUT2D eigenvalue weighted by Gasteiger charge is 2.12. The molecule has 0 unspecified atom stereocenters. The van der Waals surface area contributed by atoms with Gasteiger partial charge in [0.1, 0.15) is 0 Å². The van der Waals surface area contributed by atoms with E-state index in [0.29, 0.717) is 22.9 Å². The van der Waals surface area contributed by atoms with E-state index in [1.165, 1.54) is 0 Å². The zero-order chi connectivity index (χ0) is 23.9. The number of carbonyl (C=O) groups is 2. The fraction of sp³-hybridized carbons (Fsp3) is 0.103. The highest BCUT2D eigenvalue weighted by molar-refractivity contribution is 6.33. The number of anilines is 1. The maximum Gasteiger partial charge on any atom is 0.310 e. The summed E-state index contributed by atoms with van der Waals surface area (Å²) in [6, 6.07) is 30.6. The number of hydrogen-bond donors (Lipinski definition) is 1. The van der Waals surface area contributed by atoms with Crippen molar-refractivity contribution in [2.24, 2.45) is 0 Å². The van der Waals surface area contributed by atoms with E-state index in [2.05, 4.69) is 17.4 Å². The fourth-order valence-corrected chi connectivity index (χ4v) is 3.88. The number of esters is 1. The van der Waals surface area contributed by atoms with E-state index in [-0.39, 0.29) is 18.3 Å². The minimum absolute atomic E-state index is 0.200. The molecule has 4 rings (SSSR count). The summed E-state index contributed by atoms with van der Waals surface area (Å²) in [5.41, 5.74) is 5.94. The number of ether oxygens (including phenoxy) is 1. The molecule has 0 aliphatic heterocycles. The number of halogens is 1. The SMILES string of the molecule is CCOC(=O)Cc1ccc(NC(=O)c2ccc(Cl)c(-c3ccc(-c4ccccc4)cc3)c2)cc1. The van der Waals surface area contributed by atoms with E-state index >= 15 is 0 Å². The average molecular weight is 470 g/mol. The van der Waals surface area contributed by atoms with Gasteiger partial charge in [0.2, 0.25) is 0 Å². The third kappa shape index (κ3) is 5.72. The lowest BCUT2D eigenvalue weighted by atomic mass is 9.99. The highest BCUT2D eigenvalue weighted by Crippen LogP contribution is 2.31. The lowest BCUT2D eigenvalue weighted by Gasteiger charge is -2.10. The van der Waals surface area contributed by atoms with E-state index in [4.69, 9.17) is 16.3 Å². The maximum absolute atomic E-state index is 12.9. The maximum atomic E-state index is 12.9. The standard InChI is InChI=1S/C29H24ClNO3/c1-2-34-28(32)18-20-8-15-25(16-9-20)31-29(33)24-14-17-27(30)26(19-24)23-12-10-22(11-13-23)21-6-4-3-5-7-21/h3-17,19H,2,18H2,1H3,(H,31,33). The third-order valence-corrected chi connectivity index (χ3v) is 5.73. The Hall–Kier alpha value is -3.89. The summed E-state index contributed by atoms with van der Waals surface area (Å²) < 4.78 is 4.97. The normalized spacial score (nSPS) is 10.5. The van der Waals surface area contributed by atoms with Crippen molar-refractivity contribution in [2.45, 2.75) is 13.3 Å². The van der Waals surface area contributed by atoms with Crippen LogP contribution in [0.4, 0.5) is 5.69 Å². The monoisotopic (exact) mass is 469 g/mol. The van der Waals surface area contributed by atoms with Crippen LogP contribution in [0.1, 0.15) is 22.8 Å². The van der Waals surface area contributed by atoms with Gasteiger partial charge in [-0.15, -0.1) is 0 Å². The molecule has 0 radical (unpaired) electrons. The van der Waals surface area contributed by atoms with Crippen LogP contribution < -0.4 is 5.32 Å². The van der Waals surface area contributed by atoms with E-state index in [9.17, 15) is 9.59 Å². The Bertz CT molecular complexity index is 1280. The molecule has 0 spiro atoms. The molecule has 4 nitrogen and oxygen atoms in total. The molecule has 0 aliphatic rings. The molecule has 170 valence electrons. The molecule has 0 heterocycles. The summed E-state index contributed by atoms with van der Waals surface area (Å²) in [7, 11) is 0. The summed E-state index contributed by atoms with van der Waals surface area (Å²) in [5.74, 6) is -0.512. The van der Waals surface area contributed by atoms with Crippen molar-refractivity contribution in [3.8, 4) is 22.3 Å². The third-order valence-electron chi connectivity index (χ3n) is 5.40. The number of carbonyl (C=O) groups excluding carboxylic acids is 2. The Balaban J connectivity index is 1.48. The molecule has 4 aromatic rings. The van der Waals surface area contributed by atoms with Gasteiger partial charge >= 0.3 is 5.97 Å². The number of nitrogens with one attached hydrogen (secondary N) is 1. The van der Waals surface area contributed by atoms with Gasteiger partial charge in [0.15, 0.2) is 0 Å². The van der Waals surface area contributed by atoms with Crippen molar-refractivity contribution in [1.82, 2.24) is 0 Å². The van der Waals surface area contributed by atoms with E-state index < -0.39 is 0 Å². The first-order chi connectivity index (χ1) is 16.5. The van der Waals surface area contributed by atoms with E-state index in [1.807, 2.05) is 42.5 Å². The molecule has 0 atom stereocenters. The highest BCUT2D eigenvalue weighted by atomic mass is 35.5. The second kappa shape index (κ2) is 10.8. The first-order valence-corrected chi connectivity index (χ1v) is 11.4. The molecular formula is C29H24ClNO3. The number of rotatable bonds is 7. The van der Waals surface area contributed by atoms with Crippen molar-refractivity contribution < 1.29 is 14.3 Å². The van der Waals surface area contributed by atoms with E-state index in [1.54, 1.807) is 49.4 Å². The van der Waals surface area contributed by atoms with Gasteiger partial charge < -0.3 is 10.1 Å². The van der Waals surface area contributed by atoms with Crippen LogP contribution in [0.3, 0.4) is 0 Å². The molecule has 5 heteroatoms. The summed E-state index contributed by atoms with van der Waals surface area (Å²) in [6.07, 6.45) is 0.200. The van der Waals surface area contributed by atoms with Gasteiger partial charge in [-0.05, 0) is 59.5 Å². The Morgan fingerprint density at radius 3 is 2.12 bits per heavy atom. The summed E-state index contributed by atoms with van der Waals surface area (Å²) >= 11 is 6.46. The molecule has 0 fully saturated rings. The van der Waals surface area contributed by atoms with E-state index in [0.717, 1.165) is 27.8 Å². The van der Waals surface area contributed by atoms with Crippen molar-refractivity contribution in [1.29, 1.82) is 0 Å². The van der Waals surface area contributed by atoms with Gasteiger partial charge in [-0.1, -0.05) is 78.3 Å². The zero-order valence-corrected chi connectivity index (χ0v) is 19.5. The predicted molar refractivity (Wildman–Crippen MR) is 137 cm³/mol. The second-order valence-corrected chi connectivity index (χ2v) is 8.18. The molecule has 0 aromatic heterocycles. The van der Waals surface area contributed by atoms with Crippen LogP contribution in [0.25, 0.3) is 22.3 Å². The molecule has 0 bridgehead atoms. The van der Waals surface area contributed by atoms with Gasteiger partial charge in [0, 0.05) is 21.8 Å². The fourth-order valence-electron chi connectivity index (χ4n) is 3.65. The Kier molecular flexibility index (Phi) is 7.41. The van der Waals surface area contributed by atoms with Gasteiger partial charge in [-0.3, -0.25) is 9.59 Å². The minimum Gasteiger partial charge on any atom is -0.466 e. The van der Waals surface area contributed by atoms with Crippen LogP contribution in [0.2, 0.25) is 5.02 Å². The smallest absolute Gasteiger partial charge is 0.310 e.